The van der Waals surface area contributed by atoms with Crippen molar-refractivity contribution in [2.45, 2.75) is 17.6 Å². The molecule has 2 aromatic rings. The van der Waals surface area contributed by atoms with Crippen LogP contribution < -0.4 is 9.50 Å². The highest BCUT2D eigenvalue weighted by atomic mass is 35.5. The van der Waals surface area contributed by atoms with Crippen molar-refractivity contribution in [3.63, 3.8) is 0 Å². The Hall–Kier alpha value is -1.28. The Bertz CT molecular complexity index is 818. The fourth-order valence-corrected chi connectivity index (χ4v) is 4.21. The summed E-state index contributed by atoms with van der Waals surface area (Å²) in [6.45, 7) is 1.87. The molecular formula is C14H13Cl2NO4S2. The summed E-state index contributed by atoms with van der Waals surface area (Å²) in [5.41, 5.74) is 0. The average molecular weight is 394 g/mol. The number of rotatable bonds is 6. The summed E-state index contributed by atoms with van der Waals surface area (Å²) in [7, 11) is -3.93. The van der Waals surface area contributed by atoms with E-state index in [-0.39, 0.29) is 20.9 Å². The zero-order valence-electron chi connectivity index (χ0n) is 12.0. The van der Waals surface area contributed by atoms with Crippen LogP contribution in [0.4, 0.5) is 0 Å². The Kier molecular flexibility index (Phi) is 5.91. The fraction of sp³-hybridized carbons (Fsp3) is 0.214. The molecule has 9 heteroatoms. The molecule has 0 fully saturated rings. The molecule has 0 saturated carbocycles. The molecule has 0 aliphatic carbocycles. The molecule has 124 valence electrons. The first-order valence-corrected chi connectivity index (χ1v) is 9.49. The Morgan fingerprint density at radius 3 is 2.61 bits per heavy atom. The maximum absolute atomic E-state index is 12.2. The largest absolute Gasteiger partial charge is 0.378 e. The van der Waals surface area contributed by atoms with Gasteiger partial charge in [-0.25, -0.2) is 0 Å². The molecule has 1 N–H and O–H groups in total. The number of nitrogens with one attached hydrogen (secondary N) is 1. The van der Waals surface area contributed by atoms with E-state index in [0.29, 0.717) is 18.0 Å². The van der Waals surface area contributed by atoms with Gasteiger partial charge < -0.3 is 9.50 Å². The van der Waals surface area contributed by atoms with Gasteiger partial charge in [-0.1, -0.05) is 23.2 Å². The Morgan fingerprint density at radius 2 is 1.96 bits per heavy atom. The van der Waals surface area contributed by atoms with Crippen molar-refractivity contribution in [2.75, 3.05) is 6.54 Å². The minimum atomic E-state index is -3.93. The van der Waals surface area contributed by atoms with Gasteiger partial charge >= 0.3 is 10.1 Å². The molecule has 1 aromatic heterocycles. The smallest absolute Gasteiger partial charge is 0.348 e. The minimum absolute atomic E-state index is 0.0846. The number of benzene rings is 1. The van der Waals surface area contributed by atoms with Crippen molar-refractivity contribution in [3.05, 3.63) is 45.3 Å². The highest BCUT2D eigenvalue weighted by Crippen LogP contribution is 2.30. The van der Waals surface area contributed by atoms with Gasteiger partial charge in [-0.3, -0.25) is 4.79 Å². The topological polar surface area (TPSA) is 72.5 Å². The van der Waals surface area contributed by atoms with Crippen LogP contribution in [0.5, 0.6) is 5.75 Å². The lowest BCUT2D eigenvalue weighted by molar-refractivity contribution is -0.118. The Labute approximate surface area is 148 Å². The SMILES string of the molecule is CC(=O)NCCc1ccc(S(=O)(=O)Oc2ccc(Cl)c(Cl)c2)s1. The predicted molar refractivity (Wildman–Crippen MR) is 91.0 cm³/mol. The summed E-state index contributed by atoms with van der Waals surface area (Å²) in [6, 6.07) is 7.39. The monoisotopic (exact) mass is 393 g/mol. The van der Waals surface area contributed by atoms with E-state index in [0.717, 1.165) is 16.2 Å². The zero-order valence-corrected chi connectivity index (χ0v) is 15.2. The average Bonchev–Trinajstić information content (AvgIpc) is 2.92. The van der Waals surface area contributed by atoms with Crippen LogP contribution in [0.3, 0.4) is 0 Å². The van der Waals surface area contributed by atoms with Gasteiger partial charge in [-0.15, -0.1) is 11.3 Å². The summed E-state index contributed by atoms with van der Waals surface area (Å²) >= 11 is 12.7. The maximum atomic E-state index is 12.2. The van der Waals surface area contributed by atoms with Crippen molar-refractivity contribution in [1.29, 1.82) is 0 Å². The normalized spacial score (nSPS) is 11.3. The molecule has 0 unspecified atom stereocenters. The zero-order chi connectivity index (χ0) is 17.0. The number of hydrogen-bond donors (Lipinski definition) is 1. The number of amides is 1. The summed E-state index contributed by atoms with van der Waals surface area (Å²) in [6.07, 6.45) is 0.548. The van der Waals surface area contributed by atoms with Gasteiger partial charge in [0.05, 0.1) is 10.0 Å². The highest BCUT2D eigenvalue weighted by molar-refractivity contribution is 7.89. The van der Waals surface area contributed by atoms with Crippen LogP contribution in [0, 0.1) is 0 Å². The van der Waals surface area contributed by atoms with Crippen LogP contribution in [-0.2, 0) is 21.3 Å². The van der Waals surface area contributed by atoms with Crippen LogP contribution in [0.25, 0.3) is 0 Å². The standard InChI is InChI=1S/C14H13Cl2NO4S2/c1-9(18)17-7-6-11-3-5-14(22-11)23(19,20)21-10-2-4-12(15)13(16)8-10/h2-5,8H,6-7H2,1H3,(H,17,18). The third-order valence-electron chi connectivity index (χ3n) is 2.73. The summed E-state index contributed by atoms with van der Waals surface area (Å²) in [4.78, 5) is 11.6. The van der Waals surface area contributed by atoms with E-state index in [1.807, 2.05) is 0 Å². The van der Waals surface area contributed by atoms with Crippen LogP contribution in [0.15, 0.2) is 34.5 Å². The second kappa shape index (κ2) is 7.53. The van der Waals surface area contributed by atoms with Gasteiger partial charge in [0.2, 0.25) is 5.91 Å². The lowest BCUT2D eigenvalue weighted by Gasteiger charge is -2.06. The molecule has 0 bridgehead atoms. The Morgan fingerprint density at radius 1 is 1.22 bits per heavy atom. The molecule has 0 radical (unpaired) electrons. The minimum Gasteiger partial charge on any atom is -0.378 e. The fourth-order valence-electron chi connectivity index (χ4n) is 1.69. The summed E-state index contributed by atoms with van der Waals surface area (Å²) in [5, 5.41) is 3.18. The molecule has 0 saturated heterocycles. The van der Waals surface area contributed by atoms with Crippen molar-refractivity contribution in [1.82, 2.24) is 5.32 Å². The molecule has 0 aliphatic rings. The van der Waals surface area contributed by atoms with Gasteiger partial charge in [0, 0.05) is 24.4 Å². The van der Waals surface area contributed by atoms with E-state index in [4.69, 9.17) is 27.4 Å². The third-order valence-corrected chi connectivity index (χ3v) is 6.31. The predicted octanol–water partition coefficient (Wildman–Crippen LogP) is 3.50. The van der Waals surface area contributed by atoms with Crippen LogP contribution in [0.1, 0.15) is 11.8 Å². The molecule has 1 heterocycles. The van der Waals surface area contributed by atoms with Crippen LogP contribution in [-0.4, -0.2) is 20.9 Å². The van der Waals surface area contributed by atoms with Crippen LogP contribution >= 0.6 is 34.5 Å². The van der Waals surface area contributed by atoms with Gasteiger partial charge in [0.25, 0.3) is 0 Å². The molecule has 2 rings (SSSR count). The van der Waals surface area contributed by atoms with Gasteiger partial charge in [0.1, 0.15) is 5.75 Å². The summed E-state index contributed by atoms with van der Waals surface area (Å²) < 4.78 is 29.6. The number of carbonyl (C=O) groups is 1. The molecular weight excluding hydrogens is 381 g/mol. The molecule has 0 spiro atoms. The van der Waals surface area contributed by atoms with E-state index >= 15 is 0 Å². The Balaban J connectivity index is 2.08. The van der Waals surface area contributed by atoms with Crippen LogP contribution in [0.2, 0.25) is 10.0 Å². The second-order valence-electron chi connectivity index (χ2n) is 4.57. The third kappa shape index (κ3) is 5.10. The maximum Gasteiger partial charge on any atom is 0.348 e. The second-order valence-corrected chi connectivity index (χ2v) is 8.32. The van der Waals surface area contributed by atoms with E-state index in [1.165, 1.54) is 31.2 Å². The molecule has 0 atom stereocenters. The van der Waals surface area contributed by atoms with E-state index in [2.05, 4.69) is 5.32 Å². The summed E-state index contributed by atoms with van der Waals surface area (Å²) in [5.74, 6) is -0.0371. The van der Waals surface area contributed by atoms with Crippen molar-refractivity contribution in [2.24, 2.45) is 0 Å². The quantitative estimate of drug-likeness (QED) is 0.762. The lowest BCUT2D eigenvalue weighted by Crippen LogP contribution is -2.22. The van der Waals surface area contributed by atoms with Crippen molar-refractivity contribution >= 4 is 50.6 Å². The van der Waals surface area contributed by atoms with Gasteiger partial charge in [-0.2, -0.15) is 8.42 Å². The molecule has 1 aromatic carbocycles. The van der Waals surface area contributed by atoms with E-state index < -0.39 is 10.1 Å². The number of halogens is 2. The van der Waals surface area contributed by atoms with Gasteiger partial charge in [0.15, 0.2) is 4.21 Å². The first-order valence-electron chi connectivity index (χ1n) is 6.50. The first kappa shape index (κ1) is 18.1. The van der Waals surface area contributed by atoms with Gasteiger partial charge in [-0.05, 0) is 30.7 Å². The molecule has 0 aliphatic heterocycles. The molecule has 1 amide bonds. The van der Waals surface area contributed by atoms with Crippen molar-refractivity contribution in [3.8, 4) is 5.75 Å². The lowest BCUT2D eigenvalue weighted by atomic mass is 10.3. The highest BCUT2D eigenvalue weighted by Gasteiger charge is 2.20. The van der Waals surface area contributed by atoms with Crippen molar-refractivity contribution < 1.29 is 17.4 Å². The first-order chi connectivity index (χ1) is 10.8. The molecule has 5 nitrogen and oxygen atoms in total. The number of hydrogen-bond acceptors (Lipinski definition) is 5. The van der Waals surface area contributed by atoms with E-state index in [9.17, 15) is 13.2 Å². The van der Waals surface area contributed by atoms with E-state index in [1.54, 1.807) is 6.07 Å². The number of carbonyl (C=O) groups excluding carboxylic acids is 1. The molecule has 23 heavy (non-hydrogen) atoms. The number of thiophene rings is 1.